The summed E-state index contributed by atoms with van der Waals surface area (Å²) in [5, 5.41) is 0. The number of nitrogens with zero attached hydrogens (tertiary/aromatic N) is 2. The van der Waals surface area contributed by atoms with E-state index in [0.29, 0.717) is 24.5 Å². The second-order valence-corrected chi connectivity index (χ2v) is 10.3. The van der Waals surface area contributed by atoms with Crippen LogP contribution in [0.1, 0.15) is 57.4 Å². The molecule has 0 saturated heterocycles. The molecule has 20 heteroatoms. The number of para-hydroxylation sites is 1. The normalized spacial score (nSPS) is 14.4. The first-order valence-electron chi connectivity index (χ1n) is 13.5. The van der Waals surface area contributed by atoms with Crippen LogP contribution in [-0.4, -0.2) is 57.8 Å². The molecule has 1 aromatic heterocycles. The Bertz CT molecular complexity index is 1310. The van der Waals surface area contributed by atoms with Crippen LogP contribution in [0.15, 0.2) is 36.7 Å². The summed E-state index contributed by atoms with van der Waals surface area (Å²) in [5.41, 5.74) is -0.282. The molecule has 0 aliphatic carbocycles. The number of halogens is 17. The van der Waals surface area contributed by atoms with E-state index in [4.69, 9.17) is 0 Å². The minimum absolute atomic E-state index is 0.345. The van der Waals surface area contributed by atoms with Crippen LogP contribution in [0.25, 0.3) is 11.4 Å². The Hall–Kier alpha value is -3.09. The Kier molecular flexibility index (Phi) is 11.8. The number of aromatic nitrogens is 2. The molecule has 0 aliphatic heterocycles. The van der Waals surface area contributed by atoms with Crippen LogP contribution in [-0.2, 0) is 6.42 Å². The van der Waals surface area contributed by atoms with Crippen LogP contribution in [0, 0.1) is 0 Å². The number of aryl methyl sites for hydroxylation is 1. The molecule has 0 atom stereocenters. The highest BCUT2D eigenvalue weighted by Gasteiger charge is 2.95. The lowest BCUT2D eigenvalue weighted by atomic mass is 9.90. The Morgan fingerprint density at radius 3 is 1.45 bits per heavy atom. The highest BCUT2D eigenvalue weighted by molar-refractivity contribution is 5.63. The molecule has 0 bridgehead atoms. The Morgan fingerprint density at radius 2 is 0.957 bits per heavy atom. The number of benzene rings is 1. The van der Waals surface area contributed by atoms with E-state index in [-0.39, 0.29) is 0 Å². The Morgan fingerprint density at radius 1 is 0.532 bits per heavy atom. The molecule has 0 unspecified atom stereocenters. The van der Waals surface area contributed by atoms with Gasteiger partial charge in [0.05, 0.1) is 5.56 Å². The highest BCUT2D eigenvalue weighted by atomic mass is 19.4. The van der Waals surface area contributed by atoms with Gasteiger partial charge < -0.3 is 4.74 Å². The van der Waals surface area contributed by atoms with Crippen molar-refractivity contribution in [3.05, 3.63) is 42.2 Å². The molecule has 268 valence electrons. The van der Waals surface area contributed by atoms with E-state index in [0.717, 1.165) is 69.1 Å². The summed E-state index contributed by atoms with van der Waals surface area (Å²) in [6.45, 7) is 2.05. The quantitative estimate of drug-likeness (QED) is 0.121. The maximum Gasteiger partial charge on any atom is 0.471 e. The molecule has 2 aromatic rings. The minimum atomic E-state index is -8.72. The van der Waals surface area contributed by atoms with Crippen molar-refractivity contribution < 1.29 is 79.4 Å². The van der Waals surface area contributed by atoms with Gasteiger partial charge in [0, 0.05) is 12.4 Å². The molecule has 2 rings (SSSR count). The number of rotatable bonds is 17. The van der Waals surface area contributed by atoms with Gasteiger partial charge in [0.15, 0.2) is 5.82 Å². The molecule has 0 aliphatic rings. The molecule has 0 fully saturated rings. The zero-order chi connectivity index (χ0) is 36.3. The topological polar surface area (TPSA) is 35.0 Å². The van der Waals surface area contributed by atoms with E-state index >= 15 is 0 Å². The summed E-state index contributed by atoms with van der Waals surface area (Å²) >= 11 is 0. The third-order valence-corrected chi connectivity index (χ3v) is 6.83. The molecule has 47 heavy (non-hydrogen) atoms. The molecule has 3 nitrogen and oxygen atoms in total. The van der Waals surface area contributed by atoms with Crippen LogP contribution in [0.3, 0.4) is 0 Å². The number of alkyl halides is 17. The van der Waals surface area contributed by atoms with Crippen LogP contribution in [0.5, 0.6) is 5.75 Å². The van der Waals surface area contributed by atoms with Gasteiger partial charge in [-0.1, -0.05) is 57.6 Å². The second-order valence-electron chi connectivity index (χ2n) is 10.3. The highest BCUT2D eigenvalue weighted by Crippen LogP contribution is 2.64. The molecule has 0 radical (unpaired) electrons. The number of hydrogen-bond acceptors (Lipinski definition) is 3. The fraction of sp³-hybridized carbons (Fsp3) is 0.630. The standard InChI is InChI=1S/C27H25F17N2O/c1-2-3-4-5-6-7-8-11-16-14-45-19(46-15-16)17-12-9-10-13-18(17)47-27(43,44)25(38,39)23(34,35)21(30,31)20(28,29)22(32,33)24(36,37)26(40,41)42/h9-10,12-15H,2-8,11H2,1H3. The number of unbranched alkanes of at least 4 members (excludes halogenated alkanes) is 6. The SMILES string of the molecule is CCCCCCCCCc1cnc(-c2ccccc2OC(F)(F)C(F)(F)C(F)(F)C(F)(F)C(F)(F)C(F)(F)C(F)(F)C(F)(F)F)nc1. The van der Waals surface area contributed by atoms with Gasteiger partial charge in [-0.2, -0.15) is 74.6 Å². The van der Waals surface area contributed by atoms with Crippen molar-refractivity contribution in [1.82, 2.24) is 9.97 Å². The van der Waals surface area contributed by atoms with Gasteiger partial charge in [0.25, 0.3) is 0 Å². The van der Waals surface area contributed by atoms with Gasteiger partial charge in [-0.3, -0.25) is 0 Å². The summed E-state index contributed by atoms with van der Waals surface area (Å²) in [4.78, 5) is 7.59. The molecule has 0 saturated carbocycles. The van der Waals surface area contributed by atoms with Gasteiger partial charge >= 0.3 is 47.8 Å². The molecular formula is C27H25F17N2O. The Labute approximate surface area is 255 Å². The van der Waals surface area contributed by atoms with Crippen molar-refractivity contribution in [1.29, 1.82) is 0 Å². The third-order valence-electron chi connectivity index (χ3n) is 6.83. The van der Waals surface area contributed by atoms with Crippen LogP contribution < -0.4 is 4.74 Å². The van der Waals surface area contributed by atoms with E-state index < -0.39 is 65.0 Å². The predicted molar refractivity (Wildman–Crippen MR) is 130 cm³/mol. The summed E-state index contributed by atoms with van der Waals surface area (Å²) in [5.74, 6) is -52.8. The van der Waals surface area contributed by atoms with Gasteiger partial charge in [-0.25, -0.2) is 9.97 Å². The summed E-state index contributed by atoms with van der Waals surface area (Å²) in [6, 6.07) is 2.87. The molecular weight excluding hydrogens is 691 g/mol. The van der Waals surface area contributed by atoms with Crippen molar-refractivity contribution in [2.24, 2.45) is 0 Å². The monoisotopic (exact) mass is 716 g/mol. The zero-order valence-electron chi connectivity index (χ0n) is 23.8. The fourth-order valence-electron chi connectivity index (χ4n) is 4.00. The van der Waals surface area contributed by atoms with Crippen molar-refractivity contribution in [3.63, 3.8) is 0 Å². The molecule has 0 amide bonds. The maximum absolute atomic E-state index is 14.5. The van der Waals surface area contributed by atoms with E-state index in [1.165, 1.54) is 0 Å². The smallest absolute Gasteiger partial charge is 0.427 e. The lowest BCUT2D eigenvalue weighted by molar-refractivity contribution is -0.471. The van der Waals surface area contributed by atoms with E-state index in [9.17, 15) is 74.6 Å². The van der Waals surface area contributed by atoms with E-state index in [1.807, 2.05) is 6.92 Å². The average molecular weight is 716 g/mol. The predicted octanol–water partition coefficient (Wildman–Crippen LogP) is 10.8. The largest absolute Gasteiger partial charge is 0.471 e. The zero-order valence-corrected chi connectivity index (χ0v) is 23.8. The second kappa shape index (κ2) is 13.8. The van der Waals surface area contributed by atoms with Crippen molar-refractivity contribution >= 4 is 0 Å². The van der Waals surface area contributed by atoms with Gasteiger partial charge in [-0.05, 0) is 30.5 Å². The fourth-order valence-corrected chi connectivity index (χ4v) is 4.00. The van der Waals surface area contributed by atoms with Crippen LogP contribution >= 0.6 is 0 Å². The Balaban J connectivity index is 2.36. The van der Waals surface area contributed by atoms with E-state index in [1.54, 1.807) is 0 Å². The first-order valence-corrected chi connectivity index (χ1v) is 13.5. The first kappa shape index (κ1) is 40.1. The van der Waals surface area contributed by atoms with Gasteiger partial charge in [0.1, 0.15) is 5.75 Å². The van der Waals surface area contributed by atoms with Crippen molar-refractivity contribution in [2.45, 2.75) is 106 Å². The average Bonchev–Trinajstić information content (AvgIpc) is 2.96. The molecule has 0 N–H and O–H groups in total. The summed E-state index contributed by atoms with van der Waals surface area (Å²) < 4.78 is 234. The first-order chi connectivity index (χ1) is 21.2. The maximum atomic E-state index is 14.5. The molecule has 1 heterocycles. The van der Waals surface area contributed by atoms with Gasteiger partial charge in [-0.15, -0.1) is 0 Å². The third kappa shape index (κ3) is 7.34. The van der Waals surface area contributed by atoms with E-state index in [2.05, 4.69) is 14.7 Å². The van der Waals surface area contributed by atoms with Crippen LogP contribution in [0.4, 0.5) is 74.6 Å². The molecule has 0 spiro atoms. The molecule has 1 aromatic carbocycles. The lowest BCUT2D eigenvalue weighted by Gasteiger charge is -2.42. The summed E-state index contributed by atoms with van der Waals surface area (Å²) in [7, 11) is 0. The minimum Gasteiger partial charge on any atom is -0.427 e. The summed E-state index contributed by atoms with van der Waals surface area (Å²) in [6.07, 6.45) is -5.43. The van der Waals surface area contributed by atoms with Gasteiger partial charge in [0.2, 0.25) is 0 Å². The number of ether oxygens (including phenoxy) is 1. The van der Waals surface area contributed by atoms with Crippen molar-refractivity contribution in [3.8, 4) is 17.1 Å². The number of hydrogen-bond donors (Lipinski definition) is 0. The van der Waals surface area contributed by atoms with Crippen molar-refractivity contribution in [2.75, 3.05) is 0 Å². The lowest BCUT2D eigenvalue weighted by Crippen LogP contribution is -2.74. The van der Waals surface area contributed by atoms with Crippen LogP contribution in [0.2, 0.25) is 0 Å².